The lowest BCUT2D eigenvalue weighted by Crippen LogP contribution is -2.32. The van der Waals surface area contributed by atoms with E-state index in [2.05, 4.69) is 26.6 Å². The standard InChI is InChI=1S/C10H11BrN2O2/c1-7(14)6-12-10(15)13-9-4-2-8(11)3-5-9/h2-5H,6H2,1H3,(H2,12,13,15). The average molecular weight is 271 g/mol. The number of carbonyl (C=O) groups is 2. The average Bonchev–Trinajstić information content (AvgIpc) is 2.19. The maximum atomic E-state index is 11.2. The quantitative estimate of drug-likeness (QED) is 0.885. The van der Waals surface area contributed by atoms with Gasteiger partial charge in [0.15, 0.2) is 0 Å². The van der Waals surface area contributed by atoms with E-state index in [0.717, 1.165) is 4.47 Å². The smallest absolute Gasteiger partial charge is 0.319 e. The topological polar surface area (TPSA) is 58.2 Å². The number of anilines is 1. The highest BCUT2D eigenvalue weighted by Crippen LogP contribution is 2.13. The van der Waals surface area contributed by atoms with Crippen molar-refractivity contribution in [2.45, 2.75) is 6.92 Å². The molecule has 0 atom stereocenters. The van der Waals surface area contributed by atoms with Gasteiger partial charge in [0.25, 0.3) is 0 Å². The number of carbonyl (C=O) groups excluding carboxylic acids is 2. The zero-order valence-electron chi connectivity index (χ0n) is 8.21. The molecule has 0 saturated heterocycles. The lowest BCUT2D eigenvalue weighted by molar-refractivity contribution is -0.116. The Kier molecular flexibility index (Phi) is 4.30. The molecule has 0 heterocycles. The van der Waals surface area contributed by atoms with E-state index in [1.54, 1.807) is 12.1 Å². The zero-order valence-corrected chi connectivity index (χ0v) is 9.80. The molecule has 0 aliphatic rings. The molecular weight excluding hydrogens is 260 g/mol. The van der Waals surface area contributed by atoms with E-state index in [1.807, 2.05) is 12.1 Å². The highest BCUT2D eigenvalue weighted by molar-refractivity contribution is 9.10. The van der Waals surface area contributed by atoms with Gasteiger partial charge in [-0.1, -0.05) is 15.9 Å². The Labute approximate surface area is 96.2 Å². The molecule has 0 bridgehead atoms. The third-order valence-corrected chi connectivity index (χ3v) is 2.13. The Morgan fingerprint density at radius 1 is 1.27 bits per heavy atom. The first kappa shape index (κ1) is 11.7. The summed E-state index contributed by atoms with van der Waals surface area (Å²) in [7, 11) is 0. The van der Waals surface area contributed by atoms with Gasteiger partial charge in [-0.05, 0) is 31.2 Å². The molecule has 2 amide bonds. The van der Waals surface area contributed by atoms with Crippen LogP contribution in [0.25, 0.3) is 0 Å². The monoisotopic (exact) mass is 270 g/mol. The first-order valence-electron chi connectivity index (χ1n) is 4.38. The number of benzene rings is 1. The van der Waals surface area contributed by atoms with E-state index in [-0.39, 0.29) is 18.4 Å². The van der Waals surface area contributed by atoms with E-state index >= 15 is 0 Å². The molecule has 1 rings (SSSR count). The van der Waals surface area contributed by atoms with Crippen LogP contribution in [0.1, 0.15) is 6.92 Å². The molecule has 0 fully saturated rings. The van der Waals surface area contributed by atoms with Crippen LogP contribution >= 0.6 is 15.9 Å². The summed E-state index contributed by atoms with van der Waals surface area (Å²) in [6.45, 7) is 1.46. The van der Waals surface area contributed by atoms with E-state index in [1.165, 1.54) is 6.92 Å². The Morgan fingerprint density at radius 3 is 2.40 bits per heavy atom. The summed E-state index contributed by atoms with van der Waals surface area (Å²) >= 11 is 3.29. The number of rotatable bonds is 3. The van der Waals surface area contributed by atoms with Crippen molar-refractivity contribution >= 4 is 33.4 Å². The lowest BCUT2D eigenvalue weighted by atomic mass is 10.3. The van der Waals surface area contributed by atoms with Gasteiger partial charge in [-0.15, -0.1) is 0 Å². The minimum atomic E-state index is -0.382. The van der Waals surface area contributed by atoms with Crippen molar-refractivity contribution < 1.29 is 9.59 Å². The maximum Gasteiger partial charge on any atom is 0.319 e. The van der Waals surface area contributed by atoms with Crippen molar-refractivity contribution in [1.29, 1.82) is 0 Å². The molecule has 0 spiro atoms. The molecule has 4 nitrogen and oxygen atoms in total. The first-order valence-corrected chi connectivity index (χ1v) is 5.17. The van der Waals surface area contributed by atoms with Crippen LogP contribution in [-0.4, -0.2) is 18.4 Å². The van der Waals surface area contributed by atoms with Gasteiger partial charge in [0.2, 0.25) is 0 Å². The molecule has 80 valence electrons. The molecule has 5 heteroatoms. The molecule has 15 heavy (non-hydrogen) atoms. The summed E-state index contributed by atoms with van der Waals surface area (Å²) < 4.78 is 0.942. The highest BCUT2D eigenvalue weighted by atomic mass is 79.9. The Morgan fingerprint density at radius 2 is 1.87 bits per heavy atom. The summed E-state index contributed by atoms with van der Waals surface area (Å²) in [5, 5.41) is 5.04. The predicted octanol–water partition coefficient (Wildman–Crippen LogP) is 2.16. The fourth-order valence-corrected chi connectivity index (χ4v) is 1.18. The van der Waals surface area contributed by atoms with Crippen molar-refractivity contribution in [3.8, 4) is 0 Å². The number of halogens is 1. The summed E-state index contributed by atoms with van der Waals surface area (Å²) in [5.41, 5.74) is 0.680. The first-order chi connectivity index (χ1) is 7.08. The van der Waals surface area contributed by atoms with Crippen molar-refractivity contribution in [2.24, 2.45) is 0 Å². The lowest BCUT2D eigenvalue weighted by Gasteiger charge is -2.05. The van der Waals surface area contributed by atoms with Gasteiger partial charge in [-0.3, -0.25) is 4.79 Å². The third-order valence-electron chi connectivity index (χ3n) is 1.60. The van der Waals surface area contributed by atoms with Crippen molar-refractivity contribution in [3.63, 3.8) is 0 Å². The van der Waals surface area contributed by atoms with Crippen LogP contribution in [0.5, 0.6) is 0 Å². The van der Waals surface area contributed by atoms with Crippen LogP contribution in [0.15, 0.2) is 28.7 Å². The zero-order chi connectivity index (χ0) is 11.3. The van der Waals surface area contributed by atoms with Crippen LogP contribution < -0.4 is 10.6 Å². The van der Waals surface area contributed by atoms with Gasteiger partial charge >= 0.3 is 6.03 Å². The Balaban J connectivity index is 2.44. The second kappa shape index (κ2) is 5.50. The number of urea groups is 1. The predicted molar refractivity (Wildman–Crippen MR) is 61.8 cm³/mol. The number of Topliss-reactive ketones (excluding diaryl/α,β-unsaturated/α-hetero) is 1. The second-order valence-corrected chi connectivity index (χ2v) is 3.93. The maximum absolute atomic E-state index is 11.2. The van der Waals surface area contributed by atoms with Gasteiger partial charge in [-0.2, -0.15) is 0 Å². The molecule has 0 aliphatic carbocycles. The van der Waals surface area contributed by atoms with E-state index in [0.29, 0.717) is 5.69 Å². The van der Waals surface area contributed by atoms with E-state index < -0.39 is 0 Å². The van der Waals surface area contributed by atoms with Gasteiger partial charge in [0.1, 0.15) is 5.78 Å². The van der Waals surface area contributed by atoms with Gasteiger partial charge in [0.05, 0.1) is 6.54 Å². The fourth-order valence-electron chi connectivity index (χ4n) is 0.913. The molecule has 1 aromatic rings. The van der Waals surface area contributed by atoms with Crippen LogP contribution in [-0.2, 0) is 4.79 Å². The van der Waals surface area contributed by atoms with Gasteiger partial charge in [-0.25, -0.2) is 4.79 Å². The fraction of sp³-hybridized carbons (Fsp3) is 0.200. The molecule has 0 aliphatic heterocycles. The number of hydrogen-bond acceptors (Lipinski definition) is 2. The normalized spacial score (nSPS) is 9.47. The second-order valence-electron chi connectivity index (χ2n) is 3.02. The van der Waals surface area contributed by atoms with Crippen LogP contribution in [0.2, 0.25) is 0 Å². The number of ketones is 1. The van der Waals surface area contributed by atoms with E-state index in [4.69, 9.17) is 0 Å². The number of amides is 2. The van der Waals surface area contributed by atoms with Gasteiger partial charge < -0.3 is 10.6 Å². The third kappa shape index (κ3) is 4.60. The molecule has 0 saturated carbocycles. The van der Waals surface area contributed by atoms with E-state index in [9.17, 15) is 9.59 Å². The molecule has 0 radical (unpaired) electrons. The molecule has 2 N–H and O–H groups in total. The van der Waals surface area contributed by atoms with Crippen molar-refractivity contribution in [2.75, 3.05) is 11.9 Å². The molecule has 0 unspecified atom stereocenters. The minimum Gasteiger partial charge on any atom is -0.331 e. The minimum absolute atomic E-state index is 0.0440. The summed E-state index contributed by atoms with van der Waals surface area (Å²) in [6.07, 6.45) is 0. The summed E-state index contributed by atoms with van der Waals surface area (Å²) in [5.74, 6) is -0.0824. The van der Waals surface area contributed by atoms with Crippen LogP contribution in [0.4, 0.5) is 10.5 Å². The highest BCUT2D eigenvalue weighted by Gasteiger charge is 2.01. The van der Waals surface area contributed by atoms with Crippen molar-refractivity contribution in [3.05, 3.63) is 28.7 Å². The Bertz CT molecular complexity index is 362. The SMILES string of the molecule is CC(=O)CNC(=O)Nc1ccc(Br)cc1. The van der Waals surface area contributed by atoms with Crippen molar-refractivity contribution in [1.82, 2.24) is 5.32 Å². The summed E-state index contributed by atoms with van der Waals surface area (Å²) in [4.78, 5) is 21.8. The number of hydrogen-bond donors (Lipinski definition) is 2. The van der Waals surface area contributed by atoms with Crippen LogP contribution in [0, 0.1) is 0 Å². The summed E-state index contributed by atoms with van der Waals surface area (Å²) in [6, 6.07) is 6.78. The number of nitrogens with one attached hydrogen (secondary N) is 2. The largest absolute Gasteiger partial charge is 0.331 e. The van der Waals surface area contributed by atoms with Gasteiger partial charge in [0, 0.05) is 10.2 Å². The van der Waals surface area contributed by atoms with Crippen LogP contribution in [0.3, 0.4) is 0 Å². The Hall–Kier alpha value is -1.36. The molecular formula is C10H11BrN2O2. The molecule has 1 aromatic carbocycles. The molecule has 0 aromatic heterocycles.